The topological polar surface area (TPSA) is 94.1 Å². The van der Waals surface area contributed by atoms with Crippen LogP contribution in [-0.2, 0) is 23.9 Å². The minimum absolute atomic E-state index is 0.0597. The highest BCUT2D eigenvalue weighted by Crippen LogP contribution is 2.19. The lowest BCUT2D eigenvalue weighted by atomic mass is 10.2. The molecular formula is C13H12BrFN2O5. The van der Waals surface area contributed by atoms with Crippen molar-refractivity contribution in [1.82, 2.24) is 0 Å². The fraction of sp³-hybridized carbons (Fsp3) is 0.231. The number of rotatable bonds is 6. The number of halogens is 2. The zero-order valence-corrected chi connectivity index (χ0v) is 13.3. The molecule has 0 radical (unpaired) electrons. The quantitative estimate of drug-likeness (QED) is 0.352. The molecule has 0 fully saturated rings. The molecular weight excluding hydrogens is 363 g/mol. The van der Waals surface area contributed by atoms with Crippen LogP contribution in [0, 0.1) is 5.82 Å². The molecule has 0 aliphatic heterocycles. The maximum atomic E-state index is 13.6. The van der Waals surface area contributed by atoms with Crippen molar-refractivity contribution in [3.8, 4) is 0 Å². The van der Waals surface area contributed by atoms with Crippen LogP contribution in [0.1, 0.15) is 6.42 Å². The predicted molar refractivity (Wildman–Crippen MR) is 78.8 cm³/mol. The minimum Gasteiger partial charge on any atom is -0.469 e. The van der Waals surface area contributed by atoms with E-state index in [0.717, 1.165) is 14.2 Å². The van der Waals surface area contributed by atoms with Crippen LogP contribution in [0.5, 0.6) is 0 Å². The van der Waals surface area contributed by atoms with Crippen molar-refractivity contribution >= 4 is 45.1 Å². The van der Waals surface area contributed by atoms with Crippen LogP contribution in [0.3, 0.4) is 0 Å². The smallest absolute Gasteiger partial charge is 0.362 e. The Morgan fingerprint density at radius 3 is 2.50 bits per heavy atom. The Kier molecular flexibility index (Phi) is 6.64. The Morgan fingerprint density at radius 1 is 1.27 bits per heavy atom. The third-order valence-corrected chi connectivity index (χ3v) is 2.89. The van der Waals surface area contributed by atoms with E-state index in [-0.39, 0.29) is 5.69 Å². The molecule has 1 N–H and O–H groups in total. The summed E-state index contributed by atoms with van der Waals surface area (Å²) in [5.74, 6) is -3.46. The Morgan fingerprint density at radius 2 is 1.95 bits per heavy atom. The van der Waals surface area contributed by atoms with Crippen LogP contribution in [0.25, 0.3) is 0 Å². The van der Waals surface area contributed by atoms with E-state index in [4.69, 9.17) is 0 Å². The van der Waals surface area contributed by atoms with E-state index in [9.17, 15) is 18.8 Å². The van der Waals surface area contributed by atoms with E-state index in [2.05, 4.69) is 35.9 Å². The Balaban J connectivity index is 2.98. The zero-order valence-electron chi connectivity index (χ0n) is 11.7. The molecule has 22 heavy (non-hydrogen) atoms. The van der Waals surface area contributed by atoms with Crippen molar-refractivity contribution in [2.24, 2.45) is 5.10 Å². The van der Waals surface area contributed by atoms with Crippen LogP contribution in [0.15, 0.2) is 27.8 Å². The molecule has 0 amide bonds. The summed E-state index contributed by atoms with van der Waals surface area (Å²) < 4.78 is 22.9. The number of ether oxygens (including phenoxy) is 2. The monoisotopic (exact) mass is 374 g/mol. The average molecular weight is 375 g/mol. The lowest BCUT2D eigenvalue weighted by molar-refractivity contribution is -0.142. The summed E-state index contributed by atoms with van der Waals surface area (Å²) in [6.45, 7) is 0. The van der Waals surface area contributed by atoms with Gasteiger partial charge in [-0.15, -0.1) is 0 Å². The van der Waals surface area contributed by atoms with Crippen LogP contribution >= 0.6 is 15.9 Å². The predicted octanol–water partition coefficient (Wildman–Crippen LogP) is 1.66. The molecule has 1 rings (SSSR count). The molecule has 118 valence electrons. The fourth-order valence-electron chi connectivity index (χ4n) is 1.30. The lowest BCUT2D eigenvalue weighted by Gasteiger charge is -2.06. The van der Waals surface area contributed by atoms with E-state index in [1.807, 2.05) is 0 Å². The molecule has 0 aromatic heterocycles. The third-order valence-electron chi connectivity index (χ3n) is 2.39. The molecule has 1 aromatic carbocycles. The summed E-state index contributed by atoms with van der Waals surface area (Å²) in [7, 11) is 2.14. The molecule has 0 atom stereocenters. The number of hydrazone groups is 1. The van der Waals surface area contributed by atoms with E-state index < -0.39 is 35.7 Å². The van der Waals surface area contributed by atoms with Crippen molar-refractivity contribution in [3.63, 3.8) is 0 Å². The number of nitrogens with zero attached hydrogens (tertiary/aromatic N) is 1. The number of anilines is 1. The second-order valence-electron chi connectivity index (χ2n) is 3.86. The number of benzene rings is 1. The van der Waals surface area contributed by atoms with Crippen molar-refractivity contribution in [3.05, 3.63) is 28.5 Å². The summed E-state index contributed by atoms with van der Waals surface area (Å²) in [6.07, 6.45) is -0.686. The summed E-state index contributed by atoms with van der Waals surface area (Å²) in [5.41, 5.74) is 1.52. The first-order valence-electron chi connectivity index (χ1n) is 5.86. The van der Waals surface area contributed by atoms with Crippen LogP contribution in [-0.4, -0.2) is 37.7 Å². The van der Waals surface area contributed by atoms with Crippen molar-refractivity contribution < 1.29 is 28.2 Å². The van der Waals surface area contributed by atoms with Crippen LogP contribution < -0.4 is 5.43 Å². The van der Waals surface area contributed by atoms with Gasteiger partial charge in [0, 0.05) is 4.47 Å². The number of hydrogen-bond donors (Lipinski definition) is 1. The molecule has 0 saturated carbocycles. The number of ketones is 1. The van der Waals surface area contributed by atoms with Gasteiger partial charge in [-0.05, 0) is 18.2 Å². The number of hydrogen-bond acceptors (Lipinski definition) is 7. The van der Waals surface area contributed by atoms with Crippen molar-refractivity contribution in [2.45, 2.75) is 6.42 Å². The molecule has 0 heterocycles. The maximum absolute atomic E-state index is 13.6. The van der Waals surface area contributed by atoms with Crippen LogP contribution in [0.2, 0.25) is 0 Å². The van der Waals surface area contributed by atoms with Crippen LogP contribution in [0.4, 0.5) is 10.1 Å². The standard InChI is InChI=1S/C13H12BrFN2O5/c1-21-11(19)6-10(18)12(13(20)22-2)17-16-9-4-3-7(14)5-8(9)15/h3-5,16H,6H2,1-2H3. The van der Waals surface area contributed by atoms with Gasteiger partial charge >= 0.3 is 11.9 Å². The van der Waals surface area contributed by atoms with Gasteiger partial charge in [0.25, 0.3) is 0 Å². The van der Waals surface area contributed by atoms with Gasteiger partial charge in [-0.2, -0.15) is 5.10 Å². The molecule has 0 aliphatic rings. The third kappa shape index (κ3) is 4.92. The summed E-state index contributed by atoms with van der Waals surface area (Å²) >= 11 is 3.09. The first kappa shape index (κ1) is 17.8. The first-order chi connectivity index (χ1) is 10.4. The number of methoxy groups -OCH3 is 2. The van der Waals surface area contributed by atoms with Gasteiger partial charge in [-0.25, -0.2) is 9.18 Å². The Bertz CT molecular complexity index is 633. The Labute approximate surface area is 133 Å². The molecule has 0 aliphatic carbocycles. The highest BCUT2D eigenvalue weighted by atomic mass is 79.9. The van der Waals surface area contributed by atoms with Gasteiger partial charge in [0.2, 0.25) is 11.5 Å². The number of nitrogens with one attached hydrogen (secondary N) is 1. The van der Waals surface area contributed by atoms with E-state index in [1.165, 1.54) is 18.2 Å². The zero-order chi connectivity index (χ0) is 16.7. The molecule has 0 saturated heterocycles. The van der Waals surface area contributed by atoms with Gasteiger partial charge in [0.15, 0.2) is 0 Å². The minimum atomic E-state index is -1.06. The average Bonchev–Trinajstić information content (AvgIpc) is 2.48. The molecule has 1 aromatic rings. The summed E-state index contributed by atoms with van der Waals surface area (Å²) in [5, 5.41) is 3.52. The second-order valence-corrected chi connectivity index (χ2v) is 4.78. The molecule has 0 unspecified atom stereocenters. The second kappa shape index (κ2) is 8.23. The van der Waals surface area contributed by atoms with Gasteiger partial charge in [0.1, 0.15) is 12.2 Å². The summed E-state index contributed by atoms with van der Waals surface area (Å²) in [4.78, 5) is 34.4. The molecule has 9 heteroatoms. The highest BCUT2D eigenvalue weighted by molar-refractivity contribution is 9.10. The maximum Gasteiger partial charge on any atom is 0.362 e. The van der Waals surface area contributed by atoms with E-state index >= 15 is 0 Å². The Hall–Kier alpha value is -2.29. The highest BCUT2D eigenvalue weighted by Gasteiger charge is 2.24. The number of esters is 2. The van der Waals surface area contributed by atoms with E-state index in [1.54, 1.807) is 0 Å². The molecule has 0 bridgehead atoms. The number of carbonyl (C=O) groups is 3. The SMILES string of the molecule is COC(=O)CC(=O)C(=NNc1ccc(Br)cc1F)C(=O)OC. The number of Topliss-reactive ketones (excluding diaryl/α,β-unsaturated/α-hetero) is 1. The van der Waals surface area contributed by atoms with Gasteiger partial charge in [0.05, 0.1) is 19.9 Å². The van der Waals surface area contributed by atoms with Crippen molar-refractivity contribution in [2.75, 3.05) is 19.6 Å². The van der Waals surface area contributed by atoms with Crippen molar-refractivity contribution in [1.29, 1.82) is 0 Å². The number of carbonyl (C=O) groups excluding carboxylic acids is 3. The van der Waals surface area contributed by atoms with Gasteiger partial charge < -0.3 is 9.47 Å². The van der Waals surface area contributed by atoms with Gasteiger partial charge in [-0.1, -0.05) is 15.9 Å². The fourth-order valence-corrected chi connectivity index (χ4v) is 1.63. The normalized spacial score (nSPS) is 10.8. The summed E-state index contributed by atoms with van der Waals surface area (Å²) in [6, 6.07) is 4.06. The van der Waals surface area contributed by atoms with Gasteiger partial charge in [-0.3, -0.25) is 15.0 Å². The first-order valence-corrected chi connectivity index (χ1v) is 6.65. The molecule has 0 spiro atoms. The van der Waals surface area contributed by atoms with E-state index in [0.29, 0.717) is 4.47 Å². The largest absolute Gasteiger partial charge is 0.469 e. The molecule has 7 nitrogen and oxygen atoms in total. The lowest BCUT2D eigenvalue weighted by Crippen LogP contribution is -2.28.